The first-order chi connectivity index (χ1) is 14.2. The first kappa shape index (κ1) is 23.7. The summed E-state index contributed by atoms with van der Waals surface area (Å²) in [6, 6.07) is 7.61. The highest BCUT2D eigenvalue weighted by molar-refractivity contribution is 5.85. The minimum absolute atomic E-state index is 0.0104. The number of carbonyl (C=O) groups is 2. The van der Waals surface area contributed by atoms with Crippen LogP contribution in [0.3, 0.4) is 0 Å². The standard InChI is InChI=1S/C23H35N3O4/c1-23(2,3)15-21(27)25(12-8-13-29-5)18-22(28)26(17-20-10-7-14-30-20)16-19-9-6-11-24(19)4/h6-7,9-11,14H,8,12-13,15-18H2,1-5H3. The normalized spacial score (nSPS) is 11.5. The van der Waals surface area contributed by atoms with E-state index in [2.05, 4.69) is 0 Å². The summed E-state index contributed by atoms with van der Waals surface area (Å²) in [4.78, 5) is 29.6. The van der Waals surface area contributed by atoms with Crippen LogP contribution in [0.25, 0.3) is 0 Å². The zero-order valence-corrected chi connectivity index (χ0v) is 18.9. The molecule has 166 valence electrons. The van der Waals surface area contributed by atoms with Crippen LogP contribution in [-0.2, 0) is 34.5 Å². The number of nitrogens with zero attached hydrogens (tertiary/aromatic N) is 3. The minimum atomic E-state index is -0.142. The molecule has 0 saturated heterocycles. The molecule has 0 aliphatic carbocycles. The van der Waals surface area contributed by atoms with Gasteiger partial charge in [0.1, 0.15) is 5.76 Å². The van der Waals surface area contributed by atoms with Gasteiger partial charge in [-0.3, -0.25) is 9.59 Å². The molecule has 0 N–H and O–H groups in total. The van der Waals surface area contributed by atoms with Crippen molar-refractivity contribution in [3.05, 3.63) is 48.2 Å². The van der Waals surface area contributed by atoms with Crippen molar-refractivity contribution in [2.75, 3.05) is 26.8 Å². The number of aryl methyl sites for hydroxylation is 1. The number of furan rings is 1. The van der Waals surface area contributed by atoms with Crippen LogP contribution in [0.5, 0.6) is 0 Å². The van der Waals surface area contributed by atoms with Crippen LogP contribution in [0, 0.1) is 5.41 Å². The van der Waals surface area contributed by atoms with Crippen molar-refractivity contribution >= 4 is 11.8 Å². The zero-order valence-electron chi connectivity index (χ0n) is 18.9. The summed E-state index contributed by atoms with van der Waals surface area (Å²) in [5, 5.41) is 0. The quantitative estimate of drug-likeness (QED) is 0.525. The maximum Gasteiger partial charge on any atom is 0.242 e. The first-order valence-corrected chi connectivity index (χ1v) is 10.4. The van der Waals surface area contributed by atoms with Crippen molar-refractivity contribution in [2.45, 2.75) is 46.7 Å². The van der Waals surface area contributed by atoms with Crippen LogP contribution < -0.4 is 0 Å². The molecule has 0 aliphatic heterocycles. The van der Waals surface area contributed by atoms with Gasteiger partial charge in [0.15, 0.2) is 0 Å². The average Bonchev–Trinajstić information content (AvgIpc) is 3.31. The van der Waals surface area contributed by atoms with E-state index in [9.17, 15) is 9.59 Å². The third kappa shape index (κ3) is 7.71. The summed E-state index contributed by atoms with van der Waals surface area (Å²) in [7, 11) is 3.59. The molecule has 2 aromatic rings. The van der Waals surface area contributed by atoms with Crippen molar-refractivity contribution in [1.82, 2.24) is 14.4 Å². The van der Waals surface area contributed by atoms with E-state index in [1.165, 1.54) is 0 Å². The summed E-state index contributed by atoms with van der Waals surface area (Å²) < 4.78 is 12.6. The van der Waals surface area contributed by atoms with Crippen LogP contribution in [-0.4, -0.2) is 53.0 Å². The summed E-state index contributed by atoms with van der Waals surface area (Å²) in [6.07, 6.45) is 4.64. The highest BCUT2D eigenvalue weighted by Crippen LogP contribution is 2.20. The summed E-state index contributed by atoms with van der Waals surface area (Å²) in [5.41, 5.74) is 0.873. The molecule has 0 unspecified atom stereocenters. The SMILES string of the molecule is COCCCN(CC(=O)N(Cc1ccco1)Cc1cccn1C)C(=O)CC(C)(C)C. The van der Waals surface area contributed by atoms with Crippen LogP contribution >= 0.6 is 0 Å². The minimum Gasteiger partial charge on any atom is -0.467 e. The molecule has 0 bridgehead atoms. The zero-order chi connectivity index (χ0) is 22.1. The molecule has 30 heavy (non-hydrogen) atoms. The number of hydrogen-bond acceptors (Lipinski definition) is 4. The van der Waals surface area contributed by atoms with Crippen LogP contribution in [0.2, 0.25) is 0 Å². The highest BCUT2D eigenvalue weighted by atomic mass is 16.5. The molecule has 0 saturated carbocycles. The van der Waals surface area contributed by atoms with Gasteiger partial charge in [-0.25, -0.2) is 0 Å². The van der Waals surface area contributed by atoms with Gasteiger partial charge in [-0.05, 0) is 36.1 Å². The Kier molecular flexibility index (Phi) is 8.72. The Morgan fingerprint density at radius 1 is 1.10 bits per heavy atom. The molecule has 2 aromatic heterocycles. The van der Waals surface area contributed by atoms with Gasteiger partial charge in [0.2, 0.25) is 11.8 Å². The third-order valence-electron chi connectivity index (χ3n) is 4.82. The smallest absolute Gasteiger partial charge is 0.242 e. The van der Waals surface area contributed by atoms with Crippen molar-refractivity contribution < 1.29 is 18.7 Å². The fraction of sp³-hybridized carbons (Fsp3) is 0.565. The molecule has 0 aliphatic rings. The second kappa shape index (κ2) is 11.0. The van der Waals surface area contributed by atoms with Gasteiger partial charge in [0.05, 0.1) is 25.9 Å². The van der Waals surface area contributed by atoms with Gasteiger partial charge in [-0.15, -0.1) is 0 Å². The molecule has 2 amide bonds. The molecule has 0 fully saturated rings. The monoisotopic (exact) mass is 417 g/mol. The van der Waals surface area contributed by atoms with Gasteiger partial charge >= 0.3 is 0 Å². The van der Waals surface area contributed by atoms with Gasteiger partial charge in [0.25, 0.3) is 0 Å². The number of aromatic nitrogens is 1. The lowest BCUT2D eigenvalue weighted by atomic mass is 9.91. The number of hydrogen-bond donors (Lipinski definition) is 0. The molecule has 7 heteroatoms. The van der Waals surface area contributed by atoms with Crippen molar-refractivity contribution in [1.29, 1.82) is 0 Å². The maximum atomic E-state index is 13.3. The Bertz CT molecular complexity index is 790. The lowest BCUT2D eigenvalue weighted by Gasteiger charge is -2.29. The van der Waals surface area contributed by atoms with E-state index in [4.69, 9.17) is 9.15 Å². The van der Waals surface area contributed by atoms with E-state index in [1.54, 1.807) is 23.2 Å². The summed E-state index contributed by atoms with van der Waals surface area (Å²) in [5.74, 6) is 0.598. The van der Waals surface area contributed by atoms with Crippen LogP contribution in [0.15, 0.2) is 41.1 Å². The Morgan fingerprint density at radius 3 is 2.43 bits per heavy atom. The number of rotatable bonds is 11. The molecule has 0 aromatic carbocycles. The maximum absolute atomic E-state index is 13.3. The fourth-order valence-electron chi connectivity index (χ4n) is 3.20. The summed E-state index contributed by atoms with van der Waals surface area (Å²) in [6.45, 7) is 7.97. The topological polar surface area (TPSA) is 67.9 Å². The largest absolute Gasteiger partial charge is 0.467 e. The number of ether oxygens (including phenoxy) is 1. The molecule has 2 heterocycles. The second-order valence-corrected chi connectivity index (χ2v) is 8.84. The first-order valence-electron chi connectivity index (χ1n) is 10.4. The van der Waals surface area contributed by atoms with Gasteiger partial charge in [-0.2, -0.15) is 0 Å². The molecular weight excluding hydrogens is 382 g/mol. The van der Waals surface area contributed by atoms with E-state index in [-0.39, 0.29) is 23.8 Å². The second-order valence-electron chi connectivity index (χ2n) is 8.84. The Balaban J connectivity index is 2.14. The van der Waals surface area contributed by atoms with E-state index in [0.717, 1.165) is 5.69 Å². The lowest BCUT2D eigenvalue weighted by Crippen LogP contribution is -2.44. The highest BCUT2D eigenvalue weighted by Gasteiger charge is 2.25. The predicted octanol–water partition coefficient (Wildman–Crippen LogP) is 3.45. The number of amides is 2. The Morgan fingerprint density at radius 2 is 1.87 bits per heavy atom. The Hall–Kier alpha value is -2.54. The molecule has 0 spiro atoms. The number of carbonyl (C=O) groups excluding carboxylic acids is 2. The summed E-state index contributed by atoms with van der Waals surface area (Å²) >= 11 is 0. The molecule has 2 rings (SSSR count). The predicted molar refractivity (Wildman–Crippen MR) is 116 cm³/mol. The fourth-order valence-corrected chi connectivity index (χ4v) is 3.20. The van der Waals surface area contributed by atoms with E-state index in [1.807, 2.05) is 62.8 Å². The molecule has 7 nitrogen and oxygen atoms in total. The van der Waals surface area contributed by atoms with E-state index in [0.29, 0.717) is 44.8 Å². The van der Waals surface area contributed by atoms with Gasteiger partial charge in [-0.1, -0.05) is 20.8 Å². The number of methoxy groups -OCH3 is 1. The van der Waals surface area contributed by atoms with Crippen molar-refractivity contribution in [2.24, 2.45) is 12.5 Å². The van der Waals surface area contributed by atoms with E-state index >= 15 is 0 Å². The van der Waals surface area contributed by atoms with E-state index < -0.39 is 0 Å². The molecular formula is C23H35N3O4. The average molecular weight is 418 g/mol. The van der Waals surface area contributed by atoms with Gasteiger partial charge < -0.3 is 23.5 Å². The van der Waals surface area contributed by atoms with Crippen molar-refractivity contribution in [3.8, 4) is 0 Å². The van der Waals surface area contributed by atoms with Crippen LogP contribution in [0.1, 0.15) is 45.1 Å². The molecule has 0 radical (unpaired) electrons. The van der Waals surface area contributed by atoms with Gasteiger partial charge in [0, 0.05) is 45.6 Å². The third-order valence-corrected chi connectivity index (χ3v) is 4.82. The Labute approximate surface area is 179 Å². The van der Waals surface area contributed by atoms with Crippen molar-refractivity contribution in [3.63, 3.8) is 0 Å². The molecule has 0 atom stereocenters. The lowest BCUT2D eigenvalue weighted by molar-refractivity contribution is -0.142. The van der Waals surface area contributed by atoms with Crippen LogP contribution in [0.4, 0.5) is 0 Å².